The van der Waals surface area contributed by atoms with Crippen LogP contribution in [-0.2, 0) is 10.7 Å². The summed E-state index contributed by atoms with van der Waals surface area (Å²) < 4.78 is 33.1. The van der Waals surface area contributed by atoms with Gasteiger partial charge in [0.25, 0.3) is 5.92 Å². The van der Waals surface area contributed by atoms with Crippen LogP contribution in [0.2, 0.25) is 5.02 Å². The summed E-state index contributed by atoms with van der Waals surface area (Å²) in [7, 11) is 0. The van der Waals surface area contributed by atoms with Crippen molar-refractivity contribution in [1.29, 1.82) is 0 Å². The zero-order valence-electron chi connectivity index (χ0n) is 12.7. The fourth-order valence-electron chi connectivity index (χ4n) is 2.16. The molecule has 0 unspecified atom stereocenters. The van der Waals surface area contributed by atoms with Crippen molar-refractivity contribution in [3.8, 4) is 22.6 Å². The van der Waals surface area contributed by atoms with Gasteiger partial charge in [-0.25, -0.2) is 13.6 Å². The molecule has 0 atom stereocenters. The number of benzene rings is 2. The fourth-order valence-corrected chi connectivity index (χ4v) is 2.44. The van der Waals surface area contributed by atoms with E-state index in [1.807, 2.05) is 0 Å². The van der Waals surface area contributed by atoms with Crippen LogP contribution in [0.1, 0.15) is 18.9 Å². The van der Waals surface area contributed by atoms with E-state index in [-0.39, 0.29) is 34.1 Å². The average molecular weight is 357 g/mol. The maximum absolute atomic E-state index is 14.0. The van der Waals surface area contributed by atoms with Crippen LogP contribution in [0.5, 0.6) is 11.5 Å². The molecule has 4 nitrogen and oxygen atoms in total. The van der Waals surface area contributed by atoms with E-state index in [9.17, 15) is 18.7 Å². The molecule has 2 N–H and O–H groups in total. The number of carboxylic acids is 1. The lowest BCUT2D eigenvalue weighted by molar-refractivity contribution is -0.139. The second-order valence-corrected chi connectivity index (χ2v) is 5.52. The lowest BCUT2D eigenvalue weighted by atomic mass is 9.98. The molecule has 0 saturated carbocycles. The second-order valence-electron chi connectivity index (χ2n) is 5.12. The standard InChI is InChI=1S/C17H15ClF2O4/c1-2-17(19,20)10-3-6-15(24-9-16(22)23)13(7-10)12-5-4-11(21)8-14(12)18/h3-8,21H,2,9H2,1H3,(H,22,23). The summed E-state index contributed by atoms with van der Waals surface area (Å²) in [5.41, 5.74) is 0.349. The topological polar surface area (TPSA) is 66.8 Å². The Morgan fingerprint density at radius 3 is 2.50 bits per heavy atom. The maximum Gasteiger partial charge on any atom is 0.341 e. The maximum atomic E-state index is 14.0. The molecule has 0 heterocycles. The van der Waals surface area contributed by atoms with Gasteiger partial charge in [0.15, 0.2) is 6.61 Å². The van der Waals surface area contributed by atoms with Crippen LogP contribution >= 0.6 is 11.6 Å². The van der Waals surface area contributed by atoms with Gasteiger partial charge in [-0.1, -0.05) is 18.5 Å². The normalized spacial score (nSPS) is 11.3. The summed E-state index contributed by atoms with van der Waals surface area (Å²) >= 11 is 6.08. The number of aliphatic carboxylic acids is 1. The van der Waals surface area contributed by atoms with Gasteiger partial charge >= 0.3 is 5.97 Å². The Balaban J connectivity index is 2.58. The minimum Gasteiger partial charge on any atom is -0.508 e. The van der Waals surface area contributed by atoms with Crippen LogP contribution in [0.25, 0.3) is 11.1 Å². The zero-order chi connectivity index (χ0) is 17.9. The van der Waals surface area contributed by atoms with E-state index in [4.69, 9.17) is 21.4 Å². The summed E-state index contributed by atoms with van der Waals surface area (Å²) in [6, 6.07) is 7.78. The van der Waals surface area contributed by atoms with Crippen LogP contribution in [0.3, 0.4) is 0 Å². The summed E-state index contributed by atoms with van der Waals surface area (Å²) in [5, 5.41) is 18.3. The van der Waals surface area contributed by atoms with Gasteiger partial charge in [-0.15, -0.1) is 0 Å². The first-order chi connectivity index (χ1) is 11.2. The van der Waals surface area contributed by atoms with Gasteiger partial charge in [0.1, 0.15) is 11.5 Å². The number of hydrogen-bond acceptors (Lipinski definition) is 3. The molecule has 0 aromatic heterocycles. The smallest absolute Gasteiger partial charge is 0.341 e. The molecule has 24 heavy (non-hydrogen) atoms. The lowest BCUT2D eigenvalue weighted by Crippen LogP contribution is -2.13. The highest BCUT2D eigenvalue weighted by atomic mass is 35.5. The first-order valence-corrected chi connectivity index (χ1v) is 7.48. The Labute approximate surface area is 142 Å². The number of rotatable bonds is 6. The third-order valence-corrected chi connectivity index (χ3v) is 3.75. The molecular weight excluding hydrogens is 342 g/mol. The molecule has 0 saturated heterocycles. The number of phenols is 1. The monoisotopic (exact) mass is 356 g/mol. The molecule has 0 aliphatic rings. The zero-order valence-corrected chi connectivity index (χ0v) is 13.5. The molecule has 7 heteroatoms. The van der Waals surface area contributed by atoms with Crippen molar-refractivity contribution >= 4 is 17.6 Å². The number of aromatic hydroxyl groups is 1. The van der Waals surface area contributed by atoms with E-state index in [1.54, 1.807) is 0 Å². The highest BCUT2D eigenvalue weighted by Crippen LogP contribution is 2.41. The summed E-state index contributed by atoms with van der Waals surface area (Å²) in [5.74, 6) is -4.20. The Bertz CT molecular complexity index is 762. The average Bonchev–Trinajstić information content (AvgIpc) is 2.53. The van der Waals surface area contributed by atoms with E-state index in [0.29, 0.717) is 5.56 Å². The van der Waals surface area contributed by atoms with E-state index in [1.165, 1.54) is 43.3 Å². The largest absolute Gasteiger partial charge is 0.508 e. The predicted molar refractivity (Wildman–Crippen MR) is 85.9 cm³/mol. The van der Waals surface area contributed by atoms with Gasteiger partial charge in [-0.3, -0.25) is 0 Å². The van der Waals surface area contributed by atoms with Crippen molar-refractivity contribution in [2.75, 3.05) is 6.61 Å². The number of halogens is 3. The SMILES string of the molecule is CCC(F)(F)c1ccc(OCC(=O)O)c(-c2ccc(O)cc2Cl)c1. The summed E-state index contributed by atoms with van der Waals surface area (Å²) in [6.07, 6.45) is -0.384. The first kappa shape index (κ1) is 18.0. The third-order valence-electron chi connectivity index (χ3n) is 3.44. The first-order valence-electron chi connectivity index (χ1n) is 7.10. The lowest BCUT2D eigenvalue weighted by Gasteiger charge is -2.18. The molecule has 2 rings (SSSR count). The predicted octanol–water partition coefficient (Wildman–Crippen LogP) is 4.68. The number of carboxylic acid groups (broad SMARTS) is 1. The highest BCUT2D eigenvalue weighted by molar-refractivity contribution is 6.33. The van der Waals surface area contributed by atoms with Crippen molar-refractivity contribution in [2.45, 2.75) is 19.3 Å². The Hall–Kier alpha value is -2.34. The van der Waals surface area contributed by atoms with Crippen LogP contribution in [0.15, 0.2) is 36.4 Å². The van der Waals surface area contributed by atoms with Crippen LogP contribution in [-0.4, -0.2) is 22.8 Å². The van der Waals surface area contributed by atoms with Crippen molar-refractivity contribution in [2.24, 2.45) is 0 Å². The van der Waals surface area contributed by atoms with E-state index in [0.717, 1.165) is 0 Å². The molecule has 0 spiro atoms. The van der Waals surface area contributed by atoms with E-state index >= 15 is 0 Å². The number of alkyl halides is 2. The van der Waals surface area contributed by atoms with Crippen LogP contribution in [0, 0.1) is 0 Å². The number of ether oxygens (including phenoxy) is 1. The van der Waals surface area contributed by atoms with Gasteiger partial charge < -0.3 is 14.9 Å². The Morgan fingerprint density at radius 1 is 1.21 bits per heavy atom. The molecule has 128 valence electrons. The van der Waals surface area contributed by atoms with E-state index in [2.05, 4.69) is 0 Å². The number of carbonyl (C=O) groups is 1. The van der Waals surface area contributed by atoms with Crippen molar-refractivity contribution in [3.63, 3.8) is 0 Å². The van der Waals surface area contributed by atoms with Crippen molar-refractivity contribution < 1.29 is 28.5 Å². The van der Waals surface area contributed by atoms with Crippen LogP contribution in [0.4, 0.5) is 8.78 Å². The van der Waals surface area contributed by atoms with Crippen LogP contribution < -0.4 is 4.74 Å². The second kappa shape index (κ2) is 7.05. The van der Waals surface area contributed by atoms with Gasteiger partial charge in [0, 0.05) is 23.1 Å². The molecule has 0 bridgehead atoms. The van der Waals surface area contributed by atoms with Gasteiger partial charge in [0.05, 0.1) is 5.02 Å². The molecule has 0 amide bonds. The molecule has 0 aliphatic heterocycles. The summed E-state index contributed by atoms with van der Waals surface area (Å²) in [4.78, 5) is 10.7. The minimum absolute atomic E-state index is 0.0770. The molecule has 0 aliphatic carbocycles. The van der Waals surface area contributed by atoms with Gasteiger partial charge in [-0.05, 0) is 36.4 Å². The third kappa shape index (κ3) is 3.94. The number of hydrogen-bond donors (Lipinski definition) is 2. The Morgan fingerprint density at radius 2 is 1.92 bits per heavy atom. The van der Waals surface area contributed by atoms with E-state index < -0.39 is 18.5 Å². The highest BCUT2D eigenvalue weighted by Gasteiger charge is 2.30. The molecule has 2 aromatic rings. The minimum atomic E-state index is -3.04. The van der Waals surface area contributed by atoms with Crippen molar-refractivity contribution in [3.05, 3.63) is 47.0 Å². The van der Waals surface area contributed by atoms with Gasteiger partial charge in [0.2, 0.25) is 0 Å². The fraction of sp³-hybridized carbons (Fsp3) is 0.235. The quantitative estimate of drug-likeness (QED) is 0.788. The molecule has 2 aromatic carbocycles. The molecule has 0 fully saturated rings. The number of phenolic OH excluding ortho intramolecular Hbond substituents is 1. The van der Waals surface area contributed by atoms with Gasteiger partial charge in [-0.2, -0.15) is 0 Å². The molecular formula is C17H15ClF2O4. The van der Waals surface area contributed by atoms with Crippen molar-refractivity contribution in [1.82, 2.24) is 0 Å². The molecule has 0 radical (unpaired) electrons. The Kier molecular flexibility index (Phi) is 5.29. The summed E-state index contributed by atoms with van der Waals surface area (Å²) in [6.45, 7) is 0.744.